The highest BCUT2D eigenvalue weighted by atomic mass is 16.7. The molecule has 0 unspecified atom stereocenters. The summed E-state index contributed by atoms with van der Waals surface area (Å²) in [6.07, 6.45) is -0.0107. The van der Waals surface area contributed by atoms with Crippen molar-refractivity contribution in [2.45, 2.75) is 11.9 Å². The van der Waals surface area contributed by atoms with Crippen LogP contribution in [-0.2, 0) is 9.47 Å². The quantitative estimate of drug-likeness (QED) is 0.610. The van der Waals surface area contributed by atoms with Crippen LogP contribution in [-0.4, -0.2) is 30.2 Å². The smallest absolute Gasteiger partial charge is 0.175 e. The van der Waals surface area contributed by atoms with Crippen LogP contribution in [0.4, 0.5) is 0 Å². The van der Waals surface area contributed by atoms with Gasteiger partial charge in [0.05, 0.1) is 19.3 Å². The maximum Gasteiger partial charge on any atom is 0.175 e. The van der Waals surface area contributed by atoms with Crippen molar-refractivity contribution < 1.29 is 14.6 Å². The van der Waals surface area contributed by atoms with Gasteiger partial charge in [-0.25, -0.2) is 0 Å². The molecule has 15 heavy (non-hydrogen) atoms. The van der Waals surface area contributed by atoms with Gasteiger partial charge in [-0.1, -0.05) is 0 Å². The van der Waals surface area contributed by atoms with Crippen molar-refractivity contribution in [3.63, 3.8) is 0 Å². The fourth-order valence-electron chi connectivity index (χ4n) is 6.97. The largest absolute Gasteiger partial charge is 0.393 e. The van der Waals surface area contributed by atoms with Gasteiger partial charge in [0.2, 0.25) is 0 Å². The molecule has 7 rings (SSSR count). The molecule has 80 valence electrons. The van der Waals surface area contributed by atoms with Gasteiger partial charge >= 0.3 is 0 Å². The molecule has 1 N–H and O–H groups in total. The van der Waals surface area contributed by atoms with Gasteiger partial charge in [0, 0.05) is 11.8 Å². The van der Waals surface area contributed by atoms with Gasteiger partial charge in [0.25, 0.3) is 0 Å². The second kappa shape index (κ2) is 1.69. The standard InChI is InChI=1S/C12H14O3/c13-11-7-3-4-6(7)10-8(11)5(3)9(4)12(10)14-1-2-15-12/h3-11,13H,1-2H2/t3-,4-,5-,6+,7-,8-,9-,10+,11+/m1/s1. The molecule has 3 nitrogen and oxygen atoms in total. The topological polar surface area (TPSA) is 38.7 Å². The predicted molar refractivity (Wildman–Crippen MR) is 48.6 cm³/mol. The molecular weight excluding hydrogens is 192 g/mol. The van der Waals surface area contributed by atoms with Gasteiger partial charge in [0.1, 0.15) is 0 Å². The van der Waals surface area contributed by atoms with Crippen LogP contribution in [0.5, 0.6) is 0 Å². The third-order valence-corrected chi connectivity index (χ3v) is 6.78. The minimum Gasteiger partial charge on any atom is -0.393 e. The van der Waals surface area contributed by atoms with E-state index in [0.717, 1.165) is 36.9 Å². The van der Waals surface area contributed by atoms with Crippen LogP contribution >= 0.6 is 0 Å². The Hall–Kier alpha value is -0.120. The van der Waals surface area contributed by atoms with Crippen LogP contribution in [0.2, 0.25) is 0 Å². The number of hydrogen-bond acceptors (Lipinski definition) is 3. The minimum atomic E-state index is -0.215. The predicted octanol–water partition coefficient (Wildman–Crippen LogP) is 0.0880. The van der Waals surface area contributed by atoms with Crippen molar-refractivity contribution in [2.75, 3.05) is 13.2 Å². The Balaban J connectivity index is 1.63. The first-order valence-electron chi connectivity index (χ1n) is 6.32. The third kappa shape index (κ3) is 0.413. The van der Waals surface area contributed by atoms with Crippen LogP contribution in [0.15, 0.2) is 0 Å². The van der Waals surface area contributed by atoms with E-state index in [2.05, 4.69) is 0 Å². The van der Waals surface area contributed by atoms with E-state index in [9.17, 15) is 5.11 Å². The SMILES string of the molecule is O[C@H]1[C@@H]2[C@@H]3[C@@H]4[C@@H]2[C@H]2[C@H]1[C@@H]3[C@@H]4C21OCCO1. The molecule has 1 saturated heterocycles. The van der Waals surface area contributed by atoms with E-state index in [1.807, 2.05) is 0 Å². The molecule has 0 aromatic rings. The molecule has 0 aromatic heterocycles. The zero-order chi connectivity index (χ0) is 9.52. The van der Waals surface area contributed by atoms with Gasteiger partial charge in [-0.15, -0.1) is 0 Å². The lowest BCUT2D eigenvalue weighted by Gasteiger charge is -2.62. The third-order valence-electron chi connectivity index (χ3n) is 6.78. The van der Waals surface area contributed by atoms with Crippen LogP contribution in [0.3, 0.4) is 0 Å². The molecule has 4 bridgehead atoms. The first kappa shape index (κ1) is 7.25. The minimum absolute atomic E-state index is 0.0107. The number of hydrogen-bond donors (Lipinski definition) is 1. The summed E-state index contributed by atoms with van der Waals surface area (Å²) in [5.74, 6) is 5.46. The first-order chi connectivity index (χ1) is 7.36. The van der Waals surface area contributed by atoms with Gasteiger partial charge in [0.15, 0.2) is 5.79 Å². The highest BCUT2D eigenvalue weighted by Crippen LogP contribution is 2.91. The fraction of sp³-hybridized carbons (Fsp3) is 1.00. The Morgan fingerprint density at radius 1 is 0.800 bits per heavy atom. The van der Waals surface area contributed by atoms with Crippen molar-refractivity contribution in [1.82, 2.24) is 0 Å². The van der Waals surface area contributed by atoms with Crippen molar-refractivity contribution >= 4 is 0 Å². The Kier molecular flexibility index (Phi) is 0.819. The summed E-state index contributed by atoms with van der Waals surface area (Å²) in [6, 6.07) is 0. The van der Waals surface area contributed by atoms with E-state index in [0.29, 0.717) is 23.7 Å². The lowest BCUT2D eigenvalue weighted by molar-refractivity contribution is -0.229. The second-order valence-electron chi connectivity index (χ2n) is 6.42. The van der Waals surface area contributed by atoms with Gasteiger partial charge in [-0.2, -0.15) is 0 Å². The summed E-state index contributed by atoms with van der Waals surface area (Å²) in [5.41, 5.74) is 0. The number of aliphatic hydroxyl groups excluding tert-OH is 1. The Morgan fingerprint density at radius 2 is 1.40 bits per heavy atom. The monoisotopic (exact) mass is 206 g/mol. The maximum absolute atomic E-state index is 10.3. The molecule has 0 amide bonds. The number of aliphatic hydroxyl groups is 1. The molecule has 7 fully saturated rings. The molecule has 1 spiro atoms. The van der Waals surface area contributed by atoms with Crippen LogP contribution in [0.25, 0.3) is 0 Å². The second-order valence-corrected chi connectivity index (χ2v) is 6.42. The lowest BCUT2D eigenvalue weighted by Crippen LogP contribution is -2.61. The van der Waals surface area contributed by atoms with E-state index in [1.54, 1.807) is 0 Å². The van der Waals surface area contributed by atoms with Gasteiger partial charge < -0.3 is 14.6 Å². The molecule has 1 aliphatic heterocycles. The molecular formula is C12H14O3. The van der Waals surface area contributed by atoms with Crippen molar-refractivity contribution in [3.8, 4) is 0 Å². The highest BCUT2D eigenvalue weighted by Gasteiger charge is 2.94. The molecule has 9 atom stereocenters. The van der Waals surface area contributed by atoms with Crippen molar-refractivity contribution in [2.24, 2.45) is 47.3 Å². The normalized spacial score (nSPS) is 77.8. The molecule has 6 aliphatic carbocycles. The molecule has 0 radical (unpaired) electrons. The first-order valence-corrected chi connectivity index (χ1v) is 6.32. The van der Waals surface area contributed by atoms with Crippen LogP contribution in [0.1, 0.15) is 0 Å². The number of rotatable bonds is 0. The molecule has 7 aliphatic rings. The van der Waals surface area contributed by atoms with E-state index >= 15 is 0 Å². The Bertz CT molecular complexity index is 386. The molecule has 6 saturated carbocycles. The average molecular weight is 206 g/mol. The highest BCUT2D eigenvalue weighted by molar-refractivity contribution is 5.39. The van der Waals surface area contributed by atoms with Crippen LogP contribution < -0.4 is 0 Å². The van der Waals surface area contributed by atoms with E-state index in [1.165, 1.54) is 0 Å². The van der Waals surface area contributed by atoms with Crippen LogP contribution in [0, 0.1) is 47.3 Å². The van der Waals surface area contributed by atoms with Crippen molar-refractivity contribution in [3.05, 3.63) is 0 Å². The molecule has 0 aromatic carbocycles. The average Bonchev–Trinajstić information content (AvgIpc) is 2.87. The zero-order valence-corrected chi connectivity index (χ0v) is 8.37. The van der Waals surface area contributed by atoms with E-state index in [-0.39, 0.29) is 11.9 Å². The number of ether oxygens (including phenoxy) is 2. The van der Waals surface area contributed by atoms with E-state index in [4.69, 9.17) is 9.47 Å². The Labute approximate surface area is 87.7 Å². The fourth-order valence-corrected chi connectivity index (χ4v) is 6.97. The summed E-state index contributed by atoms with van der Waals surface area (Å²) in [6.45, 7) is 1.55. The van der Waals surface area contributed by atoms with E-state index < -0.39 is 0 Å². The summed E-state index contributed by atoms with van der Waals surface area (Å²) in [7, 11) is 0. The summed E-state index contributed by atoms with van der Waals surface area (Å²) < 4.78 is 12.0. The summed E-state index contributed by atoms with van der Waals surface area (Å²) in [4.78, 5) is 0. The maximum atomic E-state index is 10.3. The molecule has 1 heterocycles. The summed E-state index contributed by atoms with van der Waals surface area (Å²) in [5, 5.41) is 10.3. The zero-order valence-electron chi connectivity index (χ0n) is 8.37. The summed E-state index contributed by atoms with van der Waals surface area (Å²) >= 11 is 0. The Morgan fingerprint density at radius 3 is 2.07 bits per heavy atom. The van der Waals surface area contributed by atoms with Gasteiger partial charge in [-0.3, -0.25) is 0 Å². The van der Waals surface area contributed by atoms with Crippen molar-refractivity contribution in [1.29, 1.82) is 0 Å². The van der Waals surface area contributed by atoms with Gasteiger partial charge in [-0.05, 0) is 35.5 Å². The molecule has 3 heteroatoms. The lowest BCUT2D eigenvalue weighted by atomic mass is 9.41.